The lowest BCUT2D eigenvalue weighted by molar-refractivity contribution is 0.399. The van der Waals surface area contributed by atoms with Gasteiger partial charge in [0.1, 0.15) is 5.52 Å². The number of nitrogens with zero attached hydrogens (tertiary/aromatic N) is 3. The number of methoxy groups -OCH3 is 1. The van der Waals surface area contributed by atoms with E-state index in [0.717, 1.165) is 24.1 Å². The number of rotatable bonds is 4. The second-order valence-corrected chi connectivity index (χ2v) is 5.06. The number of nitrogen functional groups attached to an aromatic ring is 1. The van der Waals surface area contributed by atoms with Crippen LogP contribution in [0.4, 0.5) is 5.95 Å². The Balaban J connectivity index is 1.90. The number of hydrogen-bond acceptors (Lipinski definition) is 4. The maximum atomic E-state index is 6.01. The van der Waals surface area contributed by atoms with E-state index in [4.69, 9.17) is 10.5 Å². The molecule has 0 spiro atoms. The zero-order chi connectivity index (χ0) is 14.8. The van der Waals surface area contributed by atoms with Crippen molar-refractivity contribution in [3.05, 3.63) is 47.5 Å². The molecule has 0 saturated heterocycles. The molecule has 0 atom stereocenters. The highest BCUT2D eigenvalue weighted by Gasteiger charge is 2.10. The predicted molar refractivity (Wildman–Crippen MR) is 83.4 cm³/mol. The molecule has 5 nitrogen and oxygen atoms in total. The molecule has 0 aliphatic carbocycles. The minimum Gasteiger partial charge on any atom is -0.481 e. The van der Waals surface area contributed by atoms with Crippen LogP contribution in [-0.4, -0.2) is 21.6 Å². The first-order valence-electron chi connectivity index (χ1n) is 6.89. The van der Waals surface area contributed by atoms with Crippen molar-refractivity contribution in [2.24, 2.45) is 0 Å². The molecular weight excluding hydrogens is 264 g/mol. The second-order valence-electron chi connectivity index (χ2n) is 5.06. The summed E-state index contributed by atoms with van der Waals surface area (Å²) in [7, 11) is 1.60. The monoisotopic (exact) mass is 282 g/mol. The summed E-state index contributed by atoms with van der Waals surface area (Å²) in [6.45, 7) is 2.84. The number of imidazole rings is 1. The van der Waals surface area contributed by atoms with Crippen LogP contribution in [0.1, 0.15) is 11.1 Å². The van der Waals surface area contributed by atoms with Crippen molar-refractivity contribution in [1.82, 2.24) is 14.5 Å². The van der Waals surface area contributed by atoms with Crippen molar-refractivity contribution in [2.45, 2.75) is 19.9 Å². The summed E-state index contributed by atoms with van der Waals surface area (Å²) in [5, 5.41) is 0. The molecule has 0 unspecified atom stereocenters. The van der Waals surface area contributed by atoms with Crippen LogP contribution in [0.5, 0.6) is 5.88 Å². The minimum atomic E-state index is 0.485. The predicted octanol–water partition coefficient (Wildman–Crippen LogP) is 2.57. The van der Waals surface area contributed by atoms with Crippen LogP contribution < -0.4 is 10.5 Å². The first-order chi connectivity index (χ1) is 10.2. The standard InChI is InChI=1S/C16H18N4O/c1-11-4-3-5-12(10-11)8-9-20-15-13(18-16(20)17)6-7-14(19-15)21-2/h3-7,10H,8-9H2,1-2H3,(H2,17,18). The van der Waals surface area contributed by atoms with Crippen LogP contribution in [0.2, 0.25) is 0 Å². The number of nitrogens with two attached hydrogens (primary N) is 1. The van der Waals surface area contributed by atoms with Gasteiger partial charge in [-0.1, -0.05) is 29.8 Å². The normalized spacial score (nSPS) is 11.0. The topological polar surface area (TPSA) is 66.0 Å². The Bertz CT molecular complexity index is 779. The molecule has 3 rings (SSSR count). The lowest BCUT2D eigenvalue weighted by atomic mass is 10.1. The molecule has 1 aromatic carbocycles. The van der Waals surface area contributed by atoms with Crippen molar-refractivity contribution in [1.29, 1.82) is 0 Å². The van der Waals surface area contributed by atoms with Crippen molar-refractivity contribution in [3.8, 4) is 5.88 Å². The van der Waals surface area contributed by atoms with Crippen LogP contribution in [-0.2, 0) is 13.0 Å². The molecule has 0 bridgehead atoms. The second kappa shape index (κ2) is 5.44. The van der Waals surface area contributed by atoms with E-state index in [1.54, 1.807) is 13.2 Å². The molecule has 21 heavy (non-hydrogen) atoms. The van der Waals surface area contributed by atoms with Gasteiger partial charge in [0.25, 0.3) is 0 Å². The quantitative estimate of drug-likeness (QED) is 0.798. The SMILES string of the molecule is COc1ccc2nc(N)n(CCc3cccc(C)c3)c2n1. The van der Waals surface area contributed by atoms with Gasteiger partial charge in [-0.05, 0) is 25.0 Å². The molecule has 2 heterocycles. The third-order valence-corrected chi connectivity index (χ3v) is 3.51. The van der Waals surface area contributed by atoms with Crippen LogP contribution in [0.25, 0.3) is 11.2 Å². The molecule has 2 aromatic heterocycles. The summed E-state index contributed by atoms with van der Waals surface area (Å²) >= 11 is 0. The lowest BCUT2D eigenvalue weighted by Gasteiger charge is -2.07. The highest BCUT2D eigenvalue weighted by atomic mass is 16.5. The van der Waals surface area contributed by atoms with Gasteiger partial charge in [-0.3, -0.25) is 4.57 Å². The summed E-state index contributed by atoms with van der Waals surface area (Å²) in [4.78, 5) is 8.78. The number of pyridine rings is 1. The number of benzene rings is 1. The van der Waals surface area contributed by atoms with Crippen LogP contribution >= 0.6 is 0 Å². The third kappa shape index (κ3) is 2.67. The maximum absolute atomic E-state index is 6.01. The maximum Gasteiger partial charge on any atom is 0.215 e. The summed E-state index contributed by atoms with van der Waals surface area (Å²) in [5.74, 6) is 1.05. The summed E-state index contributed by atoms with van der Waals surface area (Å²) < 4.78 is 7.10. The Hall–Kier alpha value is -2.56. The minimum absolute atomic E-state index is 0.485. The molecule has 2 N–H and O–H groups in total. The Morgan fingerprint density at radius 1 is 1.19 bits per heavy atom. The van der Waals surface area contributed by atoms with Crippen molar-refractivity contribution >= 4 is 17.1 Å². The number of ether oxygens (including phenoxy) is 1. The Morgan fingerprint density at radius 3 is 2.81 bits per heavy atom. The van der Waals surface area contributed by atoms with Crippen molar-refractivity contribution in [2.75, 3.05) is 12.8 Å². The molecule has 0 amide bonds. The van der Waals surface area contributed by atoms with E-state index in [1.165, 1.54) is 11.1 Å². The van der Waals surface area contributed by atoms with E-state index in [2.05, 4.69) is 41.2 Å². The Kier molecular flexibility index (Phi) is 3.48. The van der Waals surface area contributed by atoms with Gasteiger partial charge in [0, 0.05) is 12.6 Å². The van der Waals surface area contributed by atoms with Gasteiger partial charge < -0.3 is 10.5 Å². The number of anilines is 1. The average Bonchev–Trinajstić information content (AvgIpc) is 2.79. The molecule has 0 fully saturated rings. The number of fused-ring (bicyclic) bond motifs is 1. The van der Waals surface area contributed by atoms with Gasteiger partial charge in [0.2, 0.25) is 11.8 Å². The molecular formula is C16H18N4O. The van der Waals surface area contributed by atoms with E-state index < -0.39 is 0 Å². The van der Waals surface area contributed by atoms with Gasteiger partial charge in [0.15, 0.2) is 5.65 Å². The first kappa shape index (κ1) is 13.4. The Morgan fingerprint density at radius 2 is 2.05 bits per heavy atom. The van der Waals surface area contributed by atoms with Gasteiger partial charge in [-0.15, -0.1) is 0 Å². The van der Waals surface area contributed by atoms with E-state index in [0.29, 0.717) is 11.8 Å². The summed E-state index contributed by atoms with van der Waals surface area (Å²) in [5.41, 5.74) is 10.1. The van der Waals surface area contributed by atoms with Crippen LogP contribution in [0, 0.1) is 6.92 Å². The van der Waals surface area contributed by atoms with Gasteiger partial charge >= 0.3 is 0 Å². The zero-order valence-corrected chi connectivity index (χ0v) is 12.2. The molecule has 108 valence electrons. The van der Waals surface area contributed by atoms with Crippen LogP contribution in [0.3, 0.4) is 0 Å². The number of hydrogen-bond donors (Lipinski definition) is 1. The highest BCUT2D eigenvalue weighted by Crippen LogP contribution is 2.20. The number of aryl methyl sites for hydroxylation is 3. The molecule has 0 radical (unpaired) electrons. The summed E-state index contributed by atoms with van der Waals surface area (Å²) in [6.07, 6.45) is 0.885. The van der Waals surface area contributed by atoms with Gasteiger partial charge in [-0.2, -0.15) is 4.98 Å². The molecule has 5 heteroatoms. The fourth-order valence-corrected chi connectivity index (χ4v) is 2.44. The fraction of sp³-hybridized carbons (Fsp3) is 0.250. The fourth-order valence-electron chi connectivity index (χ4n) is 2.44. The molecule has 0 aliphatic rings. The smallest absolute Gasteiger partial charge is 0.215 e. The average molecular weight is 282 g/mol. The summed E-state index contributed by atoms with van der Waals surface area (Å²) in [6, 6.07) is 12.1. The van der Waals surface area contributed by atoms with E-state index in [1.807, 2.05) is 10.6 Å². The zero-order valence-electron chi connectivity index (χ0n) is 12.2. The van der Waals surface area contributed by atoms with Crippen molar-refractivity contribution < 1.29 is 4.74 Å². The van der Waals surface area contributed by atoms with Gasteiger partial charge in [-0.25, -0.2) is 4.98 Å². The largest absolute Gasteiger partial charge is 0.481 e. The molecule has 3 aromatic rings. The highest BCUT2D eigenvalue weighted by molar-refractivity contribution is 5.74. The third-order valence-electron chi connectivity index (χ3n) is 3.51. The van der Waals surface area contributed by atoms with E-state index in [9.17, 15) is 0 Å². The van der Waals surface area contributed by atoms with Crippen molar-refractivity contribution in [3.63, 3.8) is 0 Å². The van der Waals surface area contributed by atoms with E-state index in [-0.39, 0.29) is 0 Å². The Labute approximate surface area is 123 Å². The van der Waals surface area contributed by atoms with Crippen LogP contribution in [0.15, 0.2) is 36.4 Å². The number of aromatic nitrogens is 3. The first-order valence-corrected chi connectivity index (χ1v) is 6.89. The molecule has 0 aliphatic heterocycles. The van der Waals surface area contributed by atoms with Gasteiger partial charge in [0.05, 0.1) is 7.11 Å². The lowest BCUT2D eigenvalue weighted by Crippen LogP contribution is -2.06. The van der Waals surface area contributed by atoms with E-state index >= 15 is 0 Å². The molecule has 0 saturated carbocycles.